The number of aryl methyl sites for hydroxylation is 2. The first kappa shape index (κ1) is 21.7. The van der Waals surface area contributed by atoms with Gasteiger partial charge in [-0.25, -0.2) is 9.13 Å². The molecule has 7 nitrogen and oxygen atoms in total. The third-order valence-corrected chi connectivity index (χ3v) is 4.94. The summed E-state index contributed by atoms with van der Waals surface area (Å²) in [5.74, 6) is 0.917. The molecule has 2 aromatic carbocycles. The first-order valence-corrected chi connectivity index (χ1v) is 10.4. The van der Waals surface area contributed by atoms with E-state index in [1.54, 1.807) is 72.8 Å². The van der Waals surface area contributed by atoms with E-state index in [4.69, 9.17) is 4.74 Å². The molecule has 0 fully saturated rings. The maximum absolute atomic E-state index is 12.3. The number of carbonyl (C=O) groups is 2. The highest BCUT2D eigenvalue weighted by atomic mass is 16.5. The number of pyridine rings is 2. The van der Waals surface area contributed by atoms with Gasteiger partial charge in [-0.05, 0) is 48.5 Å². The minimum absolute atomic E-state index is 0.175. The molecule has 7 heteroatoms. The van der Waals surface area contributed by atoms with Crippen LogP contribution >= 0.6 is 0 Å². The number of anilines is 2. The fraction of sp³-hybridized carbons (Fsp3) is 0.0769. The summed E-state index contributed by atoms with van der Waals surface area (Å²) >= 11 is 0. The number of amides is 2. The van der Waals surface area contributed by atoms with E-state index in [1.165, 1.54) is 0 Å². The Morgan fingerprint density at radius 3 is 1.24 bits per heavy atom. The summed E-state index contributed by atoms with van der Waals surface area (Å²) < 4.78 is 9.60. The number of hydrogen-bond acceptors (Lipinski definition) is 3. The smallest absolute Gasteiger partial charge is 0.256 e. The van der Waals surface area contributed by atoms with Gasteiger partial charge in [-0.3, -0.25) is 9.59 Å². The first-order chi connectivity index (χ1) is 16.0. The molecule has 4 rings (SSSR count). The van der Waals surface area contributed by atoms with Gasteiger partial charge in [0.05, 0.1) is 11.1 Å². The topological polar surface area (TPSA) is 75.2 Å². The Morgan fingerprint density at radius 2 is 0.909 bits per heavy atom. The van der Waals surface area contributed by atoms with Crippen LogP contribution in [0.25, 0.3) is 0 Å². The summed E-state index contributed by atoms with van der Waals surface area (Å²) in [6.07, 6.45) is 7.29. The Labute approximate surface area is 191 Å². The summed E-state index contributed by atoms with van der Waals surface area (Å²) in [6.45, 7) is 0. The Kier molecular flexibility index (Phi) is 6.40. The van der Waals surface area contributed by atoms with Crippen molar-refractivity contribution in [2.24, 2.45) is 14.1 Å². The van der Waals surface area contributed by atoms with Crippen LogP contribution in [0.1, 0.15) is 20.7 Å². The van der Waals surface area contributed by atoms with Gasteiger partial charge in [-0.1, -0.05) is 0 Å². The van der Waals surface area contributed by atoms with Crippen LogP contribution < -0.4 is 24.5 Å². The van der Waals surface area contributed by atoms with E-state index >= 15 is 0 Å². The highest BCUT2D eigenvalue weighted by Crippen LogP contribution is 2.25. The molecule has 2 amide bonds. The van der Waals surface area contributed by atoms with Crippen molar-refractivity contribution >= 4 is 23.2 Å². The summed E-state index contributed by atoms with van der Waals surface area (Å²) in [7, 11) is 3.80. The molecule has 0 saturated carbocycles. The summed E-state index contributed by atoms with van der Waals surface area (Å²) in [5.41, 5.74) is 2.52. The van der Waals surface area contributed by atoms with Crippen LogP contribution in [0.4, 0.5) is 11.4 Å². The van der Waals surface area contributed by atoms with Gasteiger partial charge in [-0.15, -0.1) is 0 Å². The van der Waals surface area contributed by atoms with Gasteiger partial charge in [-0.2, -0.15) is 0 Å². The second-order valence-electron chi connectivity index (χ2n) is 7.56. The molecule has 0 radical (unpaired) electrons. The molecule has 0 unspecified atom stereocenters. The largest absolute Gasteiger partial charge is 0.457 e. The van der Waals surface area contributed by atoms with Crippen LogP contribution in [0.3, 0.4) is 0 Å². The molecule has 0 spiro atoms. The quantitative estimate of drug-likeness (QED) is 0.450. The molecule has 2 heterocycles. The highest BCUT2D eigenvalue weighted by Gasteiger charge is 2.09. The normalized spacial score (nSPS) is 10.4. The molecule has 0 saturated heterocycles. The second kappa shape index (κ2) is 9.74. The molecule has 0 bridgehead atoms. The number of nitrogens with one attached hydrogen (secondary N) is 2. The SMILES string of the molecule is C[n+]1ccc(C(=O)Nc2ccc(Oc3ccc(NC(=O)c4cc[n+](C)cc4)cc3)cc2)cc1. The lowest BCUT2D eigenvalue weighted by atomic mass is 10.2. The molecule has 0 aliphatic heterocycles. The Bertz CT molecular complexity index is 1150. The van der Waals surface area contributed by atoms with Gasteiger partial charge >= 0.3 is 0 Å². The van der Waals surface area contributed by atoms with Gasteiger partial charge in [0.2, 0.25) is 0 Å². The summed E-state index contributed by atoms with van der Waals surface area (Å²) in [5, 5.41) is 5.73. The van der Waals surface area contributed by atoms with Gasteiger partial charge in [0.15, 0.2) is 24.8 Å². The Balaban J connectivity index is 1.33. The van der Waals surface area contributed by atoms with E-state index in [1.807, 2.05) is 48.0 Å². The van der Waals surface area contributed by atoms with E-state index in [-0.39, 0.29) is 11.8 Å². The average molecular weight is 441 g/mol. The third kappa shape index (κ3) is 5.80. The zero-order chi connectivity index (χ0) is 23.2. The number of ether oxygens (including phenoxy) is 1. The van der Waals surface area contributed by atoms with Crippen molar-refractivity contribution < 1.29 is 23.5 Å². The van der Waals surface area contributed by atoms with Crippen LogP contribution in [0, 0.1) is 0 Å². The van der Waals surface area contributed by atoms with Crippen molar-refractivity contribution in [2.45, 2.75) is 0 Å². The van der Waals surface area contributed by atoms with Gasteiger partial charge in [0.25, 0.3) is 11.8 Å². The summed E-state index contributed by atoms with van der Waals surface area (Å²) in [4.78, 5) is 24.7. The molecule has 2 N–H and O–H groups in total. The van der Waals surface area contributed by atoms with E-state index in [0.717, 1.165) is 0 Å². The molecule has 0 aliphatic rings. The maximum Gasteiger partial charge on any atom is 0.256 e. The maximum atomic E-state index is 12.3. The summed E-state index contributed by atoms with van der Waals surface area (Å²) in [6, 6.07) is 21.3. The van der Waals surface area contributed by atoms with Crippen molar-refractivity contribution in [2.75, 3.05) is 10.6 Å². The average Bonchev–Trinajstić information content (AvgIpc) is 2.82. The van der Waals surface area contributed by atoms with Crippen molar-refractivity contribution in [3.05, 3.63) is 109 Å². The fourth-order valence-electron chi connectivity index (χ4n) is 3.06. The Morgan fingerprint density at radius 1 is 0.576 bits per heavy atom. The molecule has 0 atom stereocenters. The first-order valence-electron chi connectivity index (χ1n) is 10.4. The van der Waals surface area contributed by atoms with Crippen molar-refractivity contribution in [1.82, 2.24) is 0 Å². The van der Waals surface area contributed by atoms with Crippen molar-refractivity contribution in [3.63, 3.8) is 0 Å². The number of nitrogens with zero attached hydrogens (tertiary/aromatic N) is 2. The fourth-order valence-corrected chi connectivity index (χ4v) is 3.06. The van der Waals surface area contributed by atoms with Gasteiger partial charge in [0, 0.05) is 35.6 Å². The second-order valence-corrected chi connectivity index (χ2v) is 7.56. The van der Waals surface area contributed by atoms with Crippen LogP contribution in [0.15, 0.2) is 97.6 Å². The van der Waals surface area contributed by atoms with Crippen LogP contribution in [-0.2, 0) is 14.1 Å². The molecule has 4 aromatic rings. The number of carbonyl (C=O) groups excluding carboxylic acids is 2. The van der Waals surface area contributed by atoms with E-state index in [9.17, 15) is 9.59 Å². The monoisotopic (exact) mass is 440 g/mol. The lowest BCUT2D eigenvalue weighted by Gasteiger charge is -2.09. The van der Waals surface area contributed by atoms with Crippen LogP contribution in [0.2, 0.25) is 0 Å². The van der Waals surface area contributed by atoms with Crippen molar-refractivity contribution in [3.8, 4) is 11.5 Å². The minimum atomic E-state index is -0.175. The highest BCUT2D eigenvalue weighted by molar-refractivity contribution is 6.04. The predicted molar refractivity (Wildman–Crippen MR) is 124 cm³/mol. The van der Waals surface area contributed by atoms with Gasteiger partial charge in [0.1, 0.15) is 25.6 Å². The lowest BCUT2D eigenvalue weighted by Crippen LogP contribution is -2.27. The Hall–Kier alpha value is -4.52. The van der Waals surface area contributed by atoms with Crippen LogP contribution in [-0.4, -0.2) is 11.8 Å². The number of aromatic nitrogens is 2. The molecule has 2 aromatic heterocycles. The third-order valence-electron chi connectivity index (χ3n) is 4.94. The van der Waals surface area contributed by atoms with Gasteiger partial charge < -0.3 is 15.4 Å². The number of benzene rings is 2. The lowest BCUT2D eigenvalue weighted by molar-refractivity contribution is -0.671. The zero-order valence-electron chi connectivity index (χ0n) is 18.4. The molecular formula is C26H24N4O3+2. The minimum Gasteiger partial charge on any atom is -0.457 e. The van der Waals surface area contributed by atoms with E-state index < -0.39 is 0 Å². The predicted octanol–water partition coefficient (Wildman–Crippen LogP) is 3.63. The zero-order valence-corrected chi connectivity index (χ0v) is 18.4. The molecular weight excluding hydrogens is 416 g/mol. The van der Waals surface area contributed by atoms with E-state index in [0.29, 0.717) is 34.0 Å². The standard InChI is InChI=1S/C26H22N4O3/c1-29-15-11-19(12-16-29)25(31)27-21-3-7-23(8-4-21)33-24-9-5-22(6-10-24)28-26(32)20-13-17-30(2)18-14-20/h3-18H,1-2H3/p+2. The van der Waals surface area contributed by atoms with E-state index in [2.05, 4.69) is 10.6 Å². The number of rotatable bonds is 6. The molecule has 0 aliphatic carbocycles. The molecule has 33 heavy (non-hydrogen) atoms. The number of hydrogen-bond donors (Lipinski definition) is 2. The molecule has 164 valence electrons. The van der Waals surface area contributed by atoms with Crippen LogP contribution in [0.5, 0.6) is 11.5 Å². The van der Waals surface area contributed by atoms with Crippen molar-refractivity contribution in [1.29, 1.82) is 0 Å².